The highest BCUT2D eigenvalue weighted by Gasteiger charge is 2.01. The summed E-state index contributed by atoms with van der Waals surface area (Å²) in [5.41, 5.74) is 4.15. The number of rotatable bonds is 3. The molecule has 0 aliphatic carbocycles. The van der Waals surface area contributed by atoms with E-state index in [1.807, 2.05) is 18.2 Å². The first-order valence-corrected chi connectivity index (χ1v) is 7.22. The summed E-state index contributed by atoms with van der Waals surface area (Å²) in [5, 5.41) is 7.61. The molecule has 0 saturated carbocycles. The molecule has 3 aromatic rings. The zero-order chi connectivity index (χ0) is 12.4. The minimum Gasteiger partial charge on any atom is -0.381 e. The summed E-state index contributed by atoms with van der Waals surface area (Å²) in [6.07, 6.45) is 3.42. The van der Waals surface area contributed by atoms with Crippen LogP contribution in [-0.2, 0) is 6.54 Å². The van der Waals surface area contributed by atoms with Crippen LogP contribution in [0.25, 0.3) is 11.0 Å². The summed E-state index contributed by atoms with van der Waals surface area (Å²) < 4.78 is 1.15. The topological polar surface area (TPSA) is 37.8 Å². The van der Waals surface area contributed by atoms with Crippen LogP contribution in [0.3, 0.4) is 0 Å². The average molecular weight is 320 g/mol. The van der Waals surface area contributed by atoms with E-state index in [2.05, 4.69) is 42.0 Å². The van der Waals surface area contributed by atoms with Gasteiger partial charge in [0.15, 0.2) is 0 Å². The zero-order valence-corrected chi connectivity index (χ0v) is 11.8. The number of nitrogens with one attached hydrogen (secondary N) is 1. The van der Waals surface area contributed by atoms with Gasteiger partial charge in [-0.05, 0) is 45.1 Å². The maximum Gasteiger partial charge on any atom is 0.0907 e. The van der Waals surface area contributed by atoms with E-state index in [1.54, 1.807) is 23.7 Å². The van der Waals surface area contributed by atoms with E-state index in [4.69, 9.17) is 0 Å². The first-order chi connectivity index (χ1) is 8.83. The largest absolute Gasteiger partial charge is 0.381 e. The first-order valence-electron chi connectivity index (χ1n) is 5.48. The monoisotopic (exact) mass is 319 g/mol. The van der Waals surface area contributed by atoms with Crippen LogP contribution >= 0.6 is 27.3 Å². The minimum atomic E-state index is 0.801. The highest BCUT2D eigenvalue weighted by atomic mass is 79.9. The van der Waals surface area contributed by atoms with Crippen LogP contribution in [0.5, 0.6) is 0 Å². The molecule has 2 aromatic heterocycles. The van der Waals surface area contributed by atoms with Crippen molar-refractivity contribution in [1.29, 1.82) is 0 Å². The standard InChI is InChI=1S/C13H10BrN3S/c14-11-8-18-7-9(11)6-17-10-1-2-12-13(5-10)16-4-3-15-12/h1-5,7-8,17H,6H2. The smallest absolute Gasteiger partial charge is 0.0907 e. The number of thiophene rings is 1. The molecule has 2 heterocycles. The predicted molar refractivity (Wildman–Crippen MR) is 78.9 cm³/mol. The highest BCUT2D eigenvalue weighted by molar-refractivity contribution is 9.10. The number of aromatic nitrogens is 2. The van der Waals surface area contributed by atoms with Gasteiger partial charge in [0.2, 0.25) is 0 Å². The van der Waals surface area contributed by atoms with E-state index in [9.17, 15) is 0 Å². The van der Waals surface area contributed by atoms with Gasteiger partial charge >= 0.3 is 0 Å². The highest BCUT2D eigenvalue weighted by Crippen LogP contribution is 2.23. The summed E-state index contributed by atoms with van der Waals surface area (Å²) in [7, 11) is 0. The molecule has 0 aliphatic heterocycles. The van der Waals surface area contributed by atoms with Crippen LogP contribution in [0.4, 0.5) is 5.69 Å². The fourth-order valence-corrected chi connectivity index (χ4v) is 3.15. The van der Waals surface area contributed by atoms with Crippen molar-refractivity contribution in [2.24, 2.45) is 0 Å². The van der Waals surface area contributed by atoms with E-state index in [1.165, 1.54) is 5.56 Å². The molecule has 0 unspecified atom stereocenters. The SMILES string of the molecule is Brc1cscc1CNc1ccc2nccnc2c1. The summed E-state index contributed by atoms with van der Waals surface area (Å²) in [6, 6.07) is 6.02. The van der Waals surface area contributed by atoms with Gasteiger partial charge in [0, 0.05) is 34.5 Å². The fourth-order valence-electron chi connectivity index (χ4n) is 1.70. The van der Waals surface area contributed by atoms with Crippen LogP contribution in [-0.4, -0.2) is 9.97 Å². The lowest BCUT2D eigenvalue weighted by atomic mass is 10.2. The van der Waals surface area contributed by atoms with Crippen LogP contribution in [0.15, 0.2) is 45.8 Å². The van der Waals surface area contributed by atoms with Crippen molar-refractivity contribution in [1.82, 2.24) is 9.97 Å². The summed E-state index contributed by atoms with van der Waals surface area (Å²) in [6.45, 7) is 0.801. The van der Waals surface area contributed by atoms with Gasteiger partial charge in [-0.1, -0.05) is 0 Å². The average Bonchev–Trinajstić information content (AvgIpc) is 2.82. The molecule has 1 N–H and O–H groups in total. The number of benzene rings is 1. The van der Waals surface area contributed by atoms with Crippen LogP contribution in [0.2, 0.25) is 0 Å². The Morgan fingerprint density at radius 1 is 1.11 bits per heavy atom. The van der Waals surface area contributed by atoms with E-state index in [-0.39, 0.29) is 0 Å². The fraction of sp³-hybridized carbons (Fsp3) is 0.0769. The lowest BCUT2D eigenvalue weighted by molar-refractivity contribution is 1.15. The number of anilines is 1. The van der Waals surface area contributed by atoms with Crippen LogP contribution in [0.1, 0.15) is 5.56 Å². The molecule has 0 atom stereocenters. The van der Waals surface area contributed by atoms with Crippen molar-refractivity contribution in [3.63, 3.8) is 0 Å². The third kappa shape index (κ3) is 2.37. The molecule has 0 saturated heterocycles. The van der Waals surface area contributed by atoms with E-state index in [0.29, 0.717) is 0 Å². The van der Waals surface area contributed by atoms with Gasteiger partial charge in [0.05, 0.1) is 11.0 Å². The molecule has 0 bridgehead atoms. The Bertz CT molecular complexity index is 681. The van der Waals surface area contributed by atoms with Gasteiger partial charge in [0.25, 0.3) is 0 Å². The molecular formula is C13H10BrN3S. The molecule has 1 aromatic carbocycles. The Kier molecular flexibility index (Phi) is 3.25. The van der Waals surface area contributed by atoms with Gasteiger partial charge in [-0.15, -0.1) is 0 Å². The Morgan fingerprint density at radius 3 is 2.72 bits per heavy atom. The molecule has 90 valence electrons. The van der Waals surface area contributed by atoms with Crippen molar-refractivity contribution < 1.29 is 0 Å². The number of nitrogens with zero attached hydrogens (tertiary/aromatic N) is 2. The van der Waals surface area contributed by atoms with Crippen molar-refractivity contribution in [2.45, 2.75) is 6.54 Å². The molecule has 3 rings (SSSR count). The molecule has 5 heteroatoms. The van der Waals surface area contributed by atoms with Gasteiger partial charge in [-0.25, -0.2) is 0 Å². The number of halogens is 1. The number of fused-ring (bicyclic) bond motifs is 1. The summed E-state index contributed by atoms with van der Waals surface area (Å²) in [4.78, 5) is 8.55. The van der Waals surface area contributed by atoms with E-state index in [0.717, 1.165) is 27.7 Å². The lowest BCUT2D eigenvalue weighted by Gasteiger charge is -2.06. The lowest BCUT2D eigenvalue weighted by Crippen LogP contribution is -1.98. The summed E-state index contributed by atoms with van der Waals surface area (Å²) in [5.74, 6) is 0. The second-order valence-corrected chi connectivity index (χ2v) is 5.46. The van der Waals surface area contributed by atoms with Crippen molar-refractivity contribution in [3.05, 3.63) is 51.4 Å². The number of hydrogen-bond donors (Lipinski definition) is 1. The van der Waals surface area contributed by atoms with Gasteiger partial charge < -0.3 is 5.32 Å². The Balaban J connectivity index is 1.81. The minimum absolute atomic E-state index is 0.801. The maximum atomic E-state index is 4.29. The number of hydrogen-bond acceptors (Lipinski definition) is 4. The molecule has 18 heavy (non-hydrogen) atoms. The van der Waals surface area contributed by atoms with Gasteiger partial charge in [-0.3, -0.25) is 9.97 Å². The maximum absolute atomic E-state index is 4.29. The second-order valence-electron chi connectivity index (χ2n) is 3.86. The van der Waals surface area contributed by atoms with Crippen molar-refractivity contribution in [3.8, 4) is 0 Å². The Labute approximate surface area is 117 Å². The zero-order valence-electron chi connectivity index (χ0n) is 9.43. The predicted octanol–water partition coefficient (Wildman–Crippen LogP) is 4.07. The van der Waals surface area contributed by atoms with Gasteiger partial charge in [0.1, 0.15) is 0 Å². The third-order valence-corrected chi connectivity index (χ3v) is 4.47. The van der Waals surface area contributed by atoms with Gasteiger partial charge in [-0.2, -0.15) is 11.3 Å². The Morgan fingerprint density at radius 2 is 1.94 bits per heavy atom. The van der Waals surface area contributed by atoms with Crippen LogP contribution in [0, 0.1) is 0 Å². The molecule has 0 amide bonds. The molecule has 0 aliphatic rings. The third-order valence-electron chi connectivity index (χ3n) is 2.64. The molecular weight excluding hydrogens is 310 g/mol. The first kappa shape index (κ1) is 11.6. The molecule has 3 nitrogen and oxygen atoms in total. The van der Waals surface area contributed by atoms with Crippen LogP contribution < -0.4 is 5.32 Å². The van der Waals surface area contributed by atoms with Crippen molar-refractivity contribution >= 4 is 44.0 Å². The van der Waals surface area contributed by atoms with E-state index >= 15 is 0 Å². The van der Waals surface area contributed by atoms with E-state index < -0.39 is 0 Å². The normalized spacial score (nSPS) is 10.7. The molecule has 0 radical (unpaired) electrons. The molecule has 0 fully saturated rings. The van der Waals surface area contributed by atoms with Crippen molar-refractivity contribution in [2.75, 3.05) is 5.32 Å². The second kappa shape index (κ2) is 5.04. The quantitative estimate of drug-likeness (QED) is 0.790. The molecule has 0 spiro atoms. The Hall–Kier alpha value is -1.46. The summed E-state index contributed by atoms with van der Waals surface area (Å²) >= 11 is 5.22.